The highest BCUT2D eigenvalue weighted by atomic mass is 16.3. The van der Waals surface area contributed by atoms with Gasteiger partial charge in [-0.1, -0.05) is 109 Å². The van der Waals surface area contributed by atoms with Crippen LogP contribution in [0, 0.1) is 0 Å². The zero-order valence-electron chi connectivity index (χ0n) is 24.2. The molecule has 10 rings (SSSR count). The van der Waals surface area contributed by atoms with Crippen molar-refractivity contribution in [1.29, 1.82) is 0 Å². The van der Waals surface area contributed by atoms with E-state index in [4.69, 9.17) is 14.4 Å². The number of hydrogen-bond donors (Lipinski definition) is 0. The molecule has 7 aromatic carbocycles. The summed E-state index contributed by atoms with van der Waals surface area (Å²) < 4.78 is 6.35. The molecule has 0 N–H and O–H groups in total. The van der Waals surface area contributed by atoms with Gasteiger partial charge in [-0.25, -0.2) is 4.98 Å². The van der Waals surface area contributed by atoms with E-state index in [1.165, 1.54) is 38.2 Å². The van der Waals surface area contributed by atoms with Crippen molar-refractivity contribution in [3.05, 3.63) is 146 Å². The number of benzene rings is 7. The normalized spacial score (nSPS) is 12.0. The molecule has 3 heterocycles. The first-order valence-corrected chi connectivity index (χ1v) is 15.3. The van der Waals surface area contributed by atoms with Crippen LogP contribution < -0.4 is 0 Å². The van der Waals surface area contributed by atoms with Crippen LogP contribution in [-0.2, 0) is 0 Å². The molecule has 208 valence electrons. The quantitative estimate of drug-likeness (QED) is 0.153. The number of rotatable bonds is 2. The Balaban J connectivity index is 1.37. The van der Waals surface area contributed by atoms with E-state index in [0.717, 1.165) is 60.2 Å². The molecular formula is C42H24N2O. The summed E-state index contributed by atoms with van der Waals surface area (Å²) in [6.45, 7) is 0. The number of hydrogen-bond acceptors (Lipinski definition) is 3. The molecule has 0 saturated heterocycles. The van der Waals surface area contributed by atoms with Crippen LogP contribution >= 0.6 is 0 Å². The molecule has 45 heavy (non-hydrogen) atoms. The van der Waals surface area contributed by atoms with Crippen LogP contribution in [0.5, 0.6) is 0 Å². The Morgan fingerprint density at radius 3 is 1.78 bits per heavy atom. The monoisotopic (exact) mass is 572 g/mol. The molecule has 0 aliphatic rings. The van der Waals surface area contributed by atoms with Crippen molar-refractivity contribution in [2.45, 2.75) is 0 Å². The number of para-hydroxylation sites is 2. The van der Waals surface area contributed by atoms with Gasteiger partial charge in [0, 0.05) is 38.7 Å². The number of aromatic nitrogens is 2. The van der Waals surface area contributed by atoms with Crippen LogP contribution in [-0.4, -0.2) is 9.97 Å². The van der Waals surface area contributed by atoms with Crippen molar-refractivity contribution in [3.8, 4) is 22.3 Å². The lowest BCUT2D eigenvalue weighted by molar-refractivity contribution is 0.669. The predicted molar refractivity (Wildman–Crippen MR) is 188 cm³/mol. The zero-order valence-corrected chi connectivity index (χ0v) is 24.2. The minimum Gasteiger partial charge on any atom is -0.456 e. The largest absolute Gasteiger partial charge is 0.456 e. The van der Waals surface area contributed by atoms with Crippen LogP contribution in [0.25, 0.3) is 98.4 Å². The fourth-order valence-electron chi connectivity index (χ4n) is 7.35. The van der Waals surface area contributed by atoms with Gasteiger partial charge in [0.15, 0.2) is 0 Å². The van der Waals surface area contributed by atoms with Crippen molar-refractivity contribution < 1.29 is 4.42 Å². The van der Waals surface area contributed by atoms with Crippen molar-refractivity contribution >= 4 is 76.2 Å². The number of fused-ring (bicyclic) bond motifs is 9. The molecule has 0 radical (unpaired) electrons. The highest BCUT2D eigenvalue weighted by Gasteiger charge is 2.21. The summed E-state index contributed by atoms with van der Waals surface area (Å²) in [5.41, 5.74) is 9.38. The Kier molecular flexibility index (Phi) is 5.00. The second-order valence-electron chi connectivity index (χ2n) is 11.7. The molecule has 3 heteroatoms. The Morgan fingerprint density at radius 2 is 1.00 bits per heavy atom. The van der Waals surface area contributed by atoms with Crippen molar-refractivity contribution in [2.24, 2.45) is 0 Å². The summed E-state index contributed by atoms with van der Waals surface area (Å²) >= 11 is 0. The molecule has 0 fully saturated rings. The third-order valence-corrected chi connectivity index (χ3v) is 9.27. The van der Waals surface area contributed by atoms with Crippen LogP contribution in [0.1, 0.15) is 0 Å². The van der Waals surface area contributed by atoms with Gasteiger partial charge in [0.25, 0.3) is 0 Å². The lowest BCUT2D eigenvalue weighted by atomic mass is 9.84. The third-order valence-electron chi connectivity index (χ3n) is 9.27. The van der Waals surface area contributed by atoms with E-state index in [1.807, 2.05) is 24.4 Å². The molecule has 0 unspecified atom stereocenters. The first kappa shape index (κ1) is 24.4. The Hall–Kier alpha value is -6.06. The van der Waals surface area contributed by atoms with E-state index in [-0.39, 0.29) is 0 Å². The van der Waals surface area contributed by atoms with E-state index in [9.17, 15) is 0 Å². The van der Waals surface area contributed by atoms with Gasteiger partial charge >= 0.3 is 0 Å². The molecule has 0 bridgehead atoms. The van der Waals surface area contributed by atoms with Gasteiger partial charge < -0.3 is 4.42 Å². The predicted octanol–water partition coefficient (Wildman–Crippen LogP) is 11.5. The lowest BCUT2D eigenvalue weighted by Gasteiger charge is -2.20. The standard InChI is InChI=1S/C42H24N2O/c1-3-14-31-29(12-1)38(26-20-21-28-27-11-6-8-18-36(27)45-37(28)24-26)30-13-2-4-15-32(30)39(31)40-33-16-5-7-17-35(33)44-42-34(40)22-19-25-10-9-23-43-41(25)42/h1-24H. The minimum atomic E-state index is 0.899. The van der Waals surface area contributed by atoms with Gasteiger partial charge in [0.05, 0.1) is 16.6 Å². The lowest BCUT2D eigenvalue weighted by Crippen LogP contribution is -1.95. The molecule has 0 atom stereocenters. The fraction of sp³-hybridized carbons (Fsp3) is 0. The molecule has 0 saturated carbocycles. The summed E-state index contributed by atoms with van der Waals surface area (Å²) in [6.07, 6.45) is 1.86. The second-order valence-corrected chi connectivity index (χ2v) is 11.7. The summed E-state index contributed by atoms with van der Waals surface area (Å²) in [5, 5.41) is 10.4. The summed E-state index contributed by atoms with van der Waals surface area (Å²) in [6, 6.07) is 49.5. The van der Waals surface area contributed by atoms with E-state index in [1.54, 1.807) is 0 Å². The first-order chi connectivity index (χ1) is 22.3. The van der Waals surface area contributed by atoms with Gasteiger partial charge in [-0.15, -0.1) is 0 Å². The molecule has 0 aliphatic heterocycles. The molecule has 0 amide bonds. The maximum atomic E-state index is 6.35. The topological polar surface area (TPSA) is 38.9 Å². The fourth-order valence-corrected chi connectivity index (χ4v) is 7.35. The van der Waals surface area contributed by atoms with E-state index < -0.39 is 0 Å². The Morgan fingerprint density at radius 1 is 0.400 bits per heavy atom. The number of furan rings is 1. The van der Waals surface area contributed by atoms with E-state index in [0.29, 0.717) is 0 Å². The van der Waals surface area contributed by atoms with Crippen LogP contribution in [0.4, 0.5) is 0 Å². The third kappa shape index (κ3) is 3.46. The van der Waals surface area contributed by atoms with Crippen molar-refractivity contribution in [3.63, 3.8) is 0 Å². The average molecular weight is 573 g/mol. The highest BCUT2D eigenvalue weighted by molar-refractivity contribution is 6.28. The minimum absolute atomic E-state index is 0.899. The van der Waals surface area contributed by atoms with E-state index in [2.05, 4.69) is 121 Å². The van der Waals surface area contributed by atoms with Crippen LogP contribution in [0.15, 0.2) is 150 Å². The van der Waals surface area contributed by atoms with Gasteiger partial charge in [0.2, 0.25) is 0 Å². The first-order valence-electron chi connectivity index (χ1n) is 15.3. The number of nitrogens with zero attached hydrogens (tertiary/aromatic N) is 2. The van der Waals surface area contributed by atoms with Gasteiger partial charge in [0.1, 0.15) is 11.2 Å². The van der Waals surface area contributed by atoms with Gasteiger partial charge in [-0.3, -0.25) is 4.98 Å². The van der Waals surface area contributed by atoms with Crippen molar-refractivity contribution in [2.75, 3.05) is 0 Å². The van der Waals surface area contributed by atoms with Gasteiger partial charge in [-0.2, -0.15) is 0 Å². The Labute approximate surface area is 258 Å². The summed E-state index contributed by atoms with van der Waals surface area (Å²) in [5.74, 6) is 0. The SMILES string of the molecule is c1cnc2c(c1)ccc1c(-c3c4ccccc4c(-c4ccc5c(c4)oc4ccccc45)c4ccccc34)c3ccccc3nc12. The second kappa shape index (κ2) is 9.22. The summed E-state index contributed by atoms with van der Waals surface area (Å²) in [4.78, 5) is 9.99. The van der Waals surface area contributed by atoms with E-state index >= 15 is 0 Å². The zero-order chi connectivity index (χ0) is 29.5. The maximum Gasteiger partial charge on any atom is 0.136 e. The smallest absolute Gasteiger partial charge is 0.136 e. The van der Waals surface area contributed by atoms with Gasteiger partial charge in [-0.05, 0) is 68.6 Å². The molecule has 0 spiro atoms. The maximum absolute atomic E-state index is 6.35. The number of pyridine rings is 2. The molecule has 0 aliphatic carbocycles. The molecule has 10 aromatic rings. The molecule has 3 nitrogen and oxygen atoms in total. The van der Waals surface area contributed by atoms with Crippen LogP contribution in [0.3, 0.4) is 0 Å². The molecular weight excluding hydrogens is 548 g/mol. The highest BCUT2D eigenvalue weighted by Crippen LogP contribution is 2.48. The Bertz CT molecular complexity index is 2770. The summed E-state index contributed by atoms with van der Waals surface area (Å²) in [7, 11) is 0. The molecule has 3 aromatic heterocycles. The average Bonchev–Trinajstić information content (AvgIpc) is 3.47. The van der Waals surface area contributed by atoms with Crippen molar-refractivity contribution in [1.82, 2.24) is 9.97 Å². The van der Waals surface area contributed by atoms with Crippen LogP contribution in [0.2, 0.25) is 0 Å².